The molecular formula is C30H38N4O2S. The molecule has 6 rings (SSSR count). The largest absolute Gasteiger partial charge is 0.490 e. The van der Waals surface area contributed by atoms with Gasteiger partial charge in [0, 0.05) is 54.7 Å². The van der Waals surface area contributed by atoms with Gasteiger partial charge in [-0.15, -0.1) is 0 Å². The summed E-state index contributed by atoms with van der Waals surface area (Å²) in [7, 11) is 2.04. The van der Waals surface area contributed by atoms with Crippen LogP contribution in [-0.4, -0.2) is 42.1 Å². The lowest BCUT2D eigenvalue weighted by Gasteiger charge is -2.30. The number of nitrogen functional groups attached to an aromatic ring is 1. The molecular weight excluding hydrogens is 480 g/mol. The van der Waals surface area contributed by atoms with E-state index in [1.54, 1.807) is 0 Å². The van der Waals surface area contributed by atoms with Crippen molar-refractivity contribution < 1.29 is 9.47 Å². The van der Waals surface area contributed by atoms with Gasteiger partial charge in [-0.05, 0) is 68.6 Å². The SMILES string of the molecule is CN(C(=S)NC1CCCC1)c1ccc(-c2c(N)c3ccc(OC4CCOCC4)cc3n2C2CCC2)cc1. The Bertz CT molecular complexity index is 1250. The standard InChI is InChI=1S/C30H38N4O2S/c1-33(30(37)32-21-5-2-3-6-21)22-11-9-20(10-12-22)29-28(31)26-14-13-25(36-24-15-17-35-18-16-24)19-27(26)34(29)23-7-4-8-23/h9-14,19,21,23-24H,2-8,15-18,31H2,1H3,(H,32,37). The highest BCUT2D eigenvalue weighted by Gasteiger charge is 2.27. The van der Waals surface area contributed by atoms with Crippen LogP contribution in [0.5, 0.6) is 5.75 Å². The average Bonchev–Trinajstić information content (AvgIpc) is 3.50. The highest BCUT2D eigenvalue weighted by molar-refractivity contribution is 7.80. The van der Waals surface area contributed by atoms with Crippen LogP contribution in [0.25, 0.3) is 22.2 Å². The average molecular weight is 519 g/mol. The molecule has 2 aromatic carbocycles. The van der Waals surface area contributed by atoms with Gasteiger partial charge < -0.3 is 30.0 Å². The second-order valence-electron chi connectivity index (χ2n) is 10.9. The van der Waals surface area contributed by atoms with Gasteiger partial charge in [-0.25, -0.2) is 0 Å². The van der Waals surface area contributed by atoms with Crippen molar-refractivity contribution in [3.05, 3.63) is 42.5 Å². The normalized spacial score (nSPS) is 19.2. The zero-order chi connectivity index (χ0) is 25.4. The molecule has 0 atom stereocenters. The van der Waals surface area contributed by atoms with E-state index >= 15 is 0 Å². The summed E-state index contributed by atoms with van der Waals surface area (Å²) < 4.78 is 14.3. The monoisotopic (exact) mass is 518 g/mol. The third-order valence-electron chi connectivity index (χ3n) is 8.44. The number of hydrogen-bond acceptors (Lipinski definition) is 4. The van der Waals surface area contributed by atoms with Crippen LogP contribution in [0.15, 0.2) is 42.5 Å². The van der Waals surface area contributed by atoms with Gasteiger partial charge in [-0.2, -0.15) is 0 Å². The lowest BCUT2D eigenvalue weighted by Crippen LogP contribution is -2.41. The van der Waals surface area contributed by atoms with E-state index in [0.29, 0.717) is 12.1 Å². The van der Waals surface area contributed by atoms with Crippen LogP contribution in [0.1, 0.15) is 63.8 Å². The molecule has 196 valence electrons. The number of anilines is 2. The summed E-state index contributed by atoms with van der Waals surface area (Å²) in [4.78, 5) is 2.07. The topological polar surface area (TPSA) is 64.7 Å². The fourth-order valence-corrected chi connectivity index (χ4v) is 6.27. The lowest BCUT2D eigenvalue weighted by atomic mass is 9.92. The molecule has 0 spiro atoms. The second-order valence-corrected chi connectivity index (χ2v) is 11.2. The number of thiocarbonyl (C=S) groups is 1. The molecule has 6 nitrogen and oxygen atoms in total. The summed E-state index contributed by atoms with van der Waals surface area (Å²) in [5, 5.41) is 5.43. The van der Waals surface area contributed by atoms with Gasteiger partial charge in [0.2, 0.25) is 0 Å². The number of nitrogens with two attached hydrogens (primary N) is 1. The number of nitrogens with zero attached hydrogens (tertiary/aromatic N) is 2. The van der Waals surface area contributed by atoms with Gasteiger partial charge in [-0.3, -0.25) is 0 Å². The summed E-state index contributed by atoms with van der Waals surface area (Å²) in [5.41, 5.74) is 12.2. The van der Waals surface area contributed by atoms with E-state index in [-0.39, 0.29) is 6.10 Å². The van der Waals surface area contributed by atoms with E-state index in [0.717, 1.165) is 64.9 Å². The Balaban J connectivity index is 1.29. The van der Waals surface area contributed by atoms with Crippen LogP contribution >= 0.6 is 12.2 Å². The number of hydrogen-bond donors (Lipinski definition) is 2. The first-order valence-electron chi connectivity index (χ1n) is 13.9. The van der Waals surface area contributed by atoms with E-state index < -0.39 is 0 Å². The molecule has 3 aliphatic rings. The van der Waals surface area contributed by atoms with Crippen LogP contribution in [0.4, 0.5) is 11.4 Å². The maximum absolute atomic E-state index is 6.84. The minimum Gasteiger partial charge on any atom is -0.490 e. The van der Waals surface area contributed by atoms with Gasteiger partial charge in [0.05, 0.1) is 30.1 Å². The third-order valence-corrected chi connectivity index (χ3v) is 8.83. The molecule has 2 saturated carbocycles. The summed E-state index contributed by atoms with van der Waals surface area (Å²) in [6, 6.07) is 16.0. The Labute approximate surface area is 225 Å². The highest BCUT2D eigenvalue weighted by Crippen LogP contribution is 2.45. The number of nitrogens with one attached hydrogen (secondary N) is 1. The van der Waals surface area contributed by atoms with Crippen LogP contribution in [-0.2, 0) is 4.74 Å². The van der Waals surface area contributed by atoms with Gasteiger partial charge >= 0.3 is 0 Å². The van der Waals surface area contributed by atoms with E-state index in [2.05, 4.69) is 57.2 Å². The number of fused-ring (bicyclic) bond motifs is 1. The maximum Gasteiger partial charge on any atom is 0.173 e. The van der Waals surface area contributed by atoms with Crippen LogP contribution < -0.4 is 20.7 Å². The number of aromatic nitrogens is 1. The molecule has 3 aromatic rings. The molecule has 0 radical (unpaired) electrons. The fourth-order valence-electron chi connectivity index (χ4n) is 6.00. The number of rotatable bonds is 6. The second kappa shape index (κ2) is 10.5. The van der Waals surface area contributed by atoms with Gasteiger partial charge in [0.15, 0.2) is 5.11 Å². The van der Waals surface area contributed by atoms with Crippen molar-refractivity contribution in [2.24, 2.45) is 0 Å². The van der Waals surface area contributed by atoms with E-state index in [4.69, 9.17) is 27.4 Å². The van der Waals surface area contributed by atoms with Crippen LogP contribution in [0, 0.1) is 0 Å². The first-order valence-corrected chi connectivity index (χ1v) is 14.3. The molecule has 0 amide bonds. The van der Waals surface area contributed by atoms with Crippen molar-refractivity contribution in [2.75, 3.05) is 30.9 Å². The van der Waals surface area contributed by atoms with Crippen molar-refractivity contribution in [2.45, 2.75) is 76.0 Å². The van der Waals surface area contributed by atoms with E-state index in [9.17, 15) is 0 Å². The minimum absolute atomic E-state index is 0.217. The fraction of sp³-hybridized carbons (Fsp3) is 0.500. The number of ether oxygens (including phenoxy) is 2. The maximum atomic E-state index is 6.84. The lowest BCUT2D eigenvalue weighted by molar-refractivity contribution is 0.0256. The summed E-state index contributed by atoms with van der Waals surface area (Å²) in [6.07, 6.45) is 10.7. The Morgan fingerprint density at radius 3 is 2.41 bits per heavy atom. The molecule has 1 aromatic heterocycles. The zero-order valence-electron chi connectivity index (χ0n) is 21.7. The molecule has 2 aliphatic carbocycles. The van der Waals surface area contributed by atoms with Crippen molar-refractivity contribution in [3.63, 3.8) is 0 Å². The molecule has 0 bridgehead atoms. The Hall–Kier alpha value is -2.77. The number of benzene rings is 2. The first-order chi connectivity index (χ1) is 18.1. The molecule has 3 N–H and O–H groups in total. The Kier molecular flexibility index (Phi) is 7.00. The van der Waals surface area contributed by atoms with Crippen molar-refractivity contribution in [3.8, 4) is 17.0 Å². The van der Waals surface area contributed by atoms with Crippen molar-refractivity contribution >= 4 is 39.6 Å². The molecule has 1 saturated heterocycles. The predicted molar refractivity (Wildman–Crippen MR) is 156 cm³/mol. The highest BCUT2D eigenvalue weighted by atomic mass is 32.1. The summed E-state index contributed by atoms with van der Waals surface area (Å²) >= 11 is 5.71. The van der Waals surface area contributed by atoms with Gasteiger partial charge in [0.25, 0.3) is 0 Å². The summed E-state index contributed by atoms with van der Waals surface area (Å²) in [5.74, 6) is 0.921. The van der Waals surface area contributed by atoms with Crippen molar-refractivity contribution in [1.82, 2.24) is 9.88 Å². The van der Waals surface area contributed by atoms with Gasteiger partial charge in [-0.1, -0.05) is 25.0 Å². The third kappa shape index (κ3) is 4.91. The van der Waals surface area contributed by atoms with Crippen molar-refractivity contribution in [1.29, 1.82) is 0 Å². The van der Waals surface area contributed by atoms with E-state index in [1.165, 1.54) is 50.5 Å². The molecule has 2 heterocycles. The first kappa shape index (κ1) is 24.6. The van der Waals surface area contributed by atoms with Crippen LogP contribution in [0.3, 0.4) is 0 Å². The zero-order valence-corrected chi connectivity index (χ0v) is 22.6. The quantitative estimate of drug-likeness (QED) is 0.367. The van der Waals surface area contributed by atoms with Gasteiger partial charge in [0.1, 0.15) is 11.9 Å². The molecule has 7 heteroatoms. The van der Waals surface area contributed by atoms with E-state index in [1.807, 2.05) is 7.05 Å². The Morgan fingerprint density at radius 2 is 1.73 bits per heavy atom. The molecule has 0 unspecified atom stereocenters. The smallest absolute Gasteiger partial charge is 0.173 e. The molecule has 3 fully saturated rings. The Morgan fingerprint density at radius 1 is 1.00 bits per heavy atom. The minimum atomic E-state index is 0.217. The predicted octanol–water partition coefficient (Wildman–Crippen LogP) is 6.43. The van der Waals surface area contributed by atoms with Crippen LogP contribution in [0.2, 0.25) is 0 Å². The molecule has 1 aliphatic heterocycles. The summed E-state index contributed by atoms with van der Waals surface area (Å²) in [6.45, 7) is 1.55. The molecule has 37 heavy (non-hydrogen) atoms.